The summed E-state index contributed by atoms with van der Waals surface area (Å²) < 4.78 is 96.5. The lowest BCUT2D eigenvalue weighted by Gasteiger charge is -2.27. The number of nitrogen functional groups attached to an aromatic ring is 1. The van der Waals surface area contributed by atoms with Gasteiger partial charge in [-0.25, -0.2) is 36.3 Å². The average Bonchev–Trinajstić information content (AvgIpc) is 3.27. The summed E-state index contributed by atoms with van der Waals surface area (Å²) in [4.78, 5) is 59.6. The highest BCUT2D eigenvalue weighted by Crippen LogP contribution is 2.30. The van der Waals surface area contributed by atoms with Gasteiger partial charge in [0, 0.05) is 54.9 Å². The number of carbonyl (C=O) groups excluding carboxylic acids is 3. The number of benzene rings is 4. The van der Waals surface area contributed by atoms with Crippen LogP contribution in [-0.4, -0.2) is 90.0 Å². The molecule has 0 saturated carbocycles. The van der Waals surface area contributed by atoms with Crippen LogP contribution in [-0.2, 0) is 14.3 Å². The number of hydrogen-bond donors (Lipinski definition) is 2. The van der Waals surface area contributed by atoms with Crippen LogP contribution in [0.5, 0.6) is 0 Å². The standard InChI is InChI=1S/C24H23F3N4O3.C19H15F3N4O2/c1-24(2,3)23(33)30-17-11-14(25)20(26)19(21(17)27)22(32)13-4-5-15-16(10-13)29-18(12-28-15)31-6-8-34-9-7-31;20-11-8-12(23)18(22)16(17(11)21)19(27)10-1-2-13-14(7-10)25-15(9-24-13)26-3-5-28-6-4-26/h4-5,10-12H,6-9H2,1-3H3,(H,30,33);1-2,7-9H,3-6,23H2. The first kappa shape index (κ1) is 43.4. The SMILES string of the molecule is CC(C)(C)C(=O)Nc1cc(F)c(F)c(C(=O)c2ccc3ncc(N4CCOCC4)nc3c2)c1F.Nc1cc(F)c(F)c(C(=O)c2ccc3ncc(N4CCOCC4)nc3c2)c1F. The Labute approximate surface area is 349 Å². The van der Waals surface area contributed by atoms with Crippen molar-refractivity contribution in [2.24, 2.45) is 5.41 Å². The Morgan fingerprint density at radius 2 is 1.05 bits per heavy atom. The Morgan fingerprint density at radius 3 is 1.50 bits per heavy atom. The monoisotopic (exact) mass is 860 g/mol. The largest absolute Gasteiger partial charge is 0.396 e. The molecule has 322 valence electrons. The van der Waals surface area contributed by atoms with Gasteiger partial charge in [-0.15, -0.1) is 0 Å². The molecule has 2 aromatic heterocycles. The smallest absolute Gasteiger partial charge is 0.229 e. The van der Waals surface area contributed by atoms with Gasteiger partial charge in [-0.2, -0.15) is 0 Å². The van der Waals surface area contributed by atoms with Crippen LogP contribution < -0.4 is 20.9 Å². The zero-order chi connectivity index (χ0) is 44.5. The number of nitrogens with two attached hydrogens (primary N) is 1. The molecule has 4 heterocycles. The van der Waals surface area contributed by atoms with Gasteiger partial charge in [0.1, 0.15) is 11.6 Å². The molecule has 0 unspecified atom stereocenters. The van der Waals surface area contributed by atoms with E-state index in [1.807, 2.05) is 9.80 Å². The van der Waals surface area contributed by atoms with Crippen molar-refractivity contribution in [2.45, 2.75) is 20.8 Å². The van der Waals surface area contributed by atoms with Crippen molar-refractivity contribution in [1.82, 2.24) is 19.9 Å². The molecule has 62 heavy (non-hydrogen) atoms. The molecule has 6 aromatic rings. The Morgan fingerprint density at radius 1 is 0.613 bits per heavy atom. The molecule has 0 aliphatic carbocycles. The van der Waals surface area contributed by atoms with Crippen LogP contribution >= 0.6 is 0 Å². The van der Waals surface area contributed by atoms with Crippen molar-refractivity contribution < 1.29 is 50.2 Å². The van der Waals surface area contributed by atoms with Crippen molar-refractivity contribution in [3.05, 3.63) is 118 Å². The number of carbonyl (C=O) groups is 3. The van der Waals surface area contributed by atoms with Crippen molar-refractivity contribution in [3.8, 4) is 0 Å². The van der Waals surface area contributed by atoms with Gasteiger partial charge in [0.25, 0.3) is 0 Å². The molecule has 2 aliphatic rings. The molecule has 0 bridgehead atoms. The van der Waals surface area contributed by atoms with E-state index in [0.717, 1.165) is 0 Å². The summed E-state index contributed by atoms with van der Waals surface area (Å²) in [5, 5.41) is 2.23. The third-order valence-electron chi connectivity index (χ3n) is 9.98. The van der Waals surface area contributed by atoms with E-state index in [9.17, 15) is 36.3 Å². The maximum atomic E-state index is 15.1. The summed E-state index contributed by atoms with van der Waals surface area (Å²) >= 11 is 0. The third-order valence-corrected chi connectivity index (χ3v) is 9.98. The second kappa shape index (κ2) is 17.7. The van der Waals surface area contributed by atoms with Crippen molar-refractivity contribution >= 4 is 62.6 Å². The summed E-state index contributed by atoms with van der Waals surface area (Å²) in [5.74, 6) is -10.2. The fraction of sp³-hybridized carbons (Fsp3) is 0.279. The van der Waals surface area contributed by atoms with E-state index in [0.29, 0.717) is 98.4 Å². The second-order valence-corrected chi connectivity index (χ2v) is 15.3. The molecular weight excluding hydrogens is 823 g/mol. The number of ether oxygens (including phenoxy) is 2. The van der Waals surface area contributed by atoms with Crippen molar-refractivity contribution in [2.75, 3.05) is 73.5 Å². The predicted octanol–water partition coefficient (Wildman–Crippen LogP) is 6.80. The molecule has 1 amide bonds. The van der Waals surface area contributed by atoms with Gasteiger partial charge in [0.2, 0.25) is 5.91 Å². The Hall–Kier alpha value is -6.73. The molecule has 8 rings (SSSR count). The molecule has 19 heteroatoms. The van der Waals surface area contributed by atoms with Crippen LogP contribution in [0.2, 0.25) is 0 Å². The fourth-order valence-electron chi connectivity index (χ4n) is 6.49. The molecule has 2 aliphatic heterocycles. The molecule has 0 spiro atoms. The fourth-order valence-corrected chi connectivity index (χ4v) is 6.49. The van der Waals surface area contributed by atoms with Crippen LogP contribution in [0, 0.1) is 40.3 Å². The van der Waals surface area contributed by atoms with Crippen LogP contribution in [0.1, 0.15) is 52.6 Å². The van der Waals surface area contributed by atoms with Gasteiger partial charge >= 0.3 is 0 Å². The first-order valence-corrected chi connectivity index (χ1v) is 19.2. The van der Waals surface area contributed by atoms with Crippen LogP contribution in [0.25, 0.3) is 22.1 Å². The number of halogens is 6. The topological polar surface area (TPSA) is 166 Å². The zero-order valence-corrected chi connectivity index (χ0v) is 33.5. The lowest BCUT2D eigenvalue weighted by atomic mass is 9.95. The summed E-state index contributed by atoms with van der Waals surface area (Å²) in [7, 11) is 0. The highest BCUT2D eigenvalue weighted by atomic mass is 19.2. The zero-order valence-electron chi connectivity index (χ0n) is 33.5. The molecule has 13 nitrogen and oxygen atoms in total. The van der Waals surface area contributed by atoms with E-state index in [4.69, 9.17) is 15.2 Å². The summed E-state index contributed by atoms with van der Waals surface area (Å²) in [5.41, 5.74) is 2.57. The van der Waals surface area contributed by atoms with Gasteiger partial charge in [-0.05, 0) is 36.4 Å². The number of nitrogens with one attached hydrogen (secondary N) is 1. The number of aromatic nitrogens is 4. The Balaban J connectivity index is 0.000000190. The lowest BCUT2D eigenvalue weighted by Crippen LogP contribution is -2.36. The normalized spacial score (nSPS) is 14.4. The quantitative estimate of drug-likeness (QED) is 0.0748. The summed E-state index contributed by atoms with van der Waals surface area (Å²) in [6.07, 6.45) is 3.22. The number of hydrogen-bond acceptors (Lipinski definition) is 12. The van der Waals surface area contributed by atoms with E-state index in [2.05, 4.69) is 25.3 Å². The van der Waals surface area contributed by atoms with E-state index in [1.54, 1.807) is 33.2 Å². The summed E-state index contributed by atoms with van der Waals surface area (Å²) in [6, 6.07) is 9.44. The number of rotatable bonds is 7. The van der Waals surface area contributed by atoms with E-state index in [1.165, 1.54) is 36.4 Å². The minimum absolute atomic E-state index is 0.0521. The first-order valence-electron chi connectivity index (χ1n) is 19.2. The van der Waals surface area contributed by atoms with Crippen LogP contribution in [0.3, 0.4) is 0 Å². The van der Waals surface area contributed by atoms with E-state index < -0.39 is 80.3 Å². The van der Waals surface area contributed by atoms with Gasteiger partial charge in [-0.1, -0.05) is 20.8 Å². The van der Waals surface area contributed by atoms with E-state index in [-0.39, 0.29) is 11.1 Å². The van der Waals surface area contributed by atoms with Gasteiger partial charge in [0.15, 0.2) is 46.5 Å². The number of morpholine rings is 2. The Kier molecular flexibility index (Phi) is 12.4. The highest BCUT2D eigenvalue weighted by molar-refractivity contribution is 6.12. The second-order valence-electron chi connectivity index (χ2n) is 15.3. The molecule has 0 radical (unpaired) electrons. The van der Waals surface area contributed by atoms with Crippen molar-refractivity contribution in [3.63, 3.8) is 0 Å². The molecule has 2 fully saturated rings. The maximum absolute atomic E-state index is 15.1. The van der Waals surface area contributed by atoms with Gasteiger partial charge in [0.05, 0.1) is 83.4 Å². The number of anilines is 4. The highest BCUT2D eigenvalue weighted by Gasteiger charge is 2.30. The number of ketones is 2. The number of nitrogens with zero attached hydrogens (tertiary/aromatic N) is 6. The summed E-state index contributed by atoms with van der Waals surface area (Å²) in [6.45, 7) is 9.51. The lowest BCUT2D eigenvalue weighted by molar-refractivity contribution is -0.123. The van der Waals surface area contributed by atoms with Crippen LogP contribution in [0.4, 0.5) is 49.4 Å². The minimum atomic E-state index is -1.63. The molecular formula is C43H38F6N8O5. The van der Waals surface area contributed by atoms with Crippen LogP contribution in [0.15, 0.2) is 60.9 Å². The van der Waals surface area contributed by atoms with Crippen molar-refractivity contribution in [1.29, 1.82) is 0 Å². The predicted molar refractivity (Wildman–Crippen MR) is 217 cm³/mol. The Bertz CT molecular complexity index is 2710. The number of amides is 1. The molecule has 2 saturated heterocycles. The van der Waals surface area contributed by atoms with Gasteiger partial charge in [-0.3, -0.25) is 24.4 Å². The molecule has 0 atom stereocenters. The maximum Gasteiger partial charge on any atom is 0.229 e. The minimum Gasteiger partial charge on any atom is -0.396 e. The first-order chi connectivity index (χ1) is 29.5. The molecule has 3 N–H and O–H groups in total. The number of fused-ring (bicyclic) bond motifs is 2. The van der Waals surface area contributed by atoms with Gasteiger partial charge < -0.3 is 30.3 Å². The molecule has 4 aromatic carbocycles. The third kappa shape index (κ3) is 8.99. The average molecular weight is 861 g/mol. The van der Waals surface area contributed by atoms with E-state index >= 15 is 4.39 Å².